The number of nitriles is 1. The van der Waals surface area contributed by atoms with Gasteiger partial charge in [0.1, 0.15) is 23.6 Å². The van der Waals surface area contributed by atoms with Crippen LogP contribution in [0, 0.1) is 31.0 Å². The zero-order valence-electron chi connectivity index (χ0n) is 16.9. The van der Waals surface area contributed by atoms with E-state index in [0.717, 1.165) is 22.5 Å². The van der Waals surface area contributed by atoms with Crippen LogP contribution in [0.15, 0.2) is 30.5 Å². The number of amides is 1. The molecule has 0 aliphatic carbocycles. The summed E-state index contributed by atoms with van der Waals surface area (Å²) in [7, 11) is 0. The number of hydrogen-bond acceptors (Lipinski definition) is 5. The Morgan fingerprint density at radius 1 is 1.33 bits per heavy atom. The SMILES string of the molecule is Cc1nc2c(C#N)cnn2c(C)c1CCC(=O)N1CCOC(c2ccc(F)cc2)C1. The Bertz CT molecular complexity index is 1130. The molecule has 0 bridgehead atoms. The van der Waals surface area contributed by atoms with E-state index in [1.165, 1.54) is 18.3 Å². The lowest BCUT2D eigenvalue weighted by Crippen LogP contribution is -2.42. The molecule has 1 unspecified atom stereocenters. The Labute approximate surface area is 173 Å². The molecule has 1 saturated heterocycles. The maximum absolute atomic E-state index is 13.2. The third kappa shape index (κ3) is 3.76. The second-order valence-electron chi connectivity index (χ2n) is 7.42. The number of carbonyl (C=O) groups excluding carboxylic acids is 1. The topological polar surface area (TPSA) is 83.5 Å². The van der Waals surface area contributed by atoms with Crippen molar-refractivity contribution in [1.29, 1.82) is 5.26 Å². The molecule has 7 nitrogen and oxygen atoms in total. The number of carbonyl (C=O) groups is 1. The second-order valence-corrected chi connectivity index (χ2v) is 7.42. The Balaban J connectivity index is 1.45. The standard InChI is InChI=1S/C22H22FN5O2/c1-14-19(15(2)28-22(26-14)17(11-24)12-25-28)7-8-21(29)27-9-10-30-20(13-27)16-3-5-18(23)6-4-16/h3-6,12,20H,7-10,13H2,1-2H3. The Hall–Kier alpha value is -3.31. The fourth-order valence-electron chi connectivity index (χ4n) is 3.90. The number of morpholine rings is 1. The van der Waals surface area contributed by atoms with Crippen molar-refractivity contribution in [1.82, 2.24) is 19.5 Å². The zero-order valence-corrected chi connectivity index (χ0v) is 16.9. The van der Waals surface area contributed by atoms with Crippen LogP contribution in [0.5, 0.6) is 0 Å². The van der Waals surface area contributed by atoms with E-state index in [4.69, 9.17) is 4.74 Å². The third-order valence-electron chi connectivity index (χ3n) is 5.58. The van der Waals surface area contributed by atoms with Crippen LogP contribution in [-0.4, -0.2) is 45.1 Å². The van der Waals surface area contributed by atoms with Crippen LogP contribution in [0.1, 0.15) is 40.6 Å². The van der Waals surface area contributed by atoms with Crippen molar-refractivity contribution >= 4 is 11.6 Å². The van der Waals surface area contributed by atoms with Gasteiger partial charge in [-0.3, -0.25) is 4.79 Å². The Kier molecular flexibility index (Phi) is 5.46. The minimum absolute atomic E-state index is 0.0440. The molecule has 3 aromatic rings. The van der Waals surface area contributed by atoms with Crippen molar-refractivity contribution in [2.75, 3.05) is 19.7 Å². The summed E-state index contributed by atoms with van der Waals surface area (Å²) in [5.74, 6) is -0.250. The first-order valence-corrected chi connectivity index (χ1v) is 9.86. The predicted octanol–water partition coefficient (Wildman–Crippen LogP) is 2.89. The fraction of sp³-hybridized carbons (Fsp3) is 0.364. The number of ether oxygens (including phenoxy) is 1. The highest BCUT2D eigenvalue weighted by atomic mass is 19.1. The second kappa shape index (κ2) is 8.20. The largest absolute Gasteiger partial charge is 0.370 e. The molecule has 0 radical (unpaired) electrons. The van der Waals surface area contributed by atoms with Gasteiger partial charge in [-0.2, -0.15) is 10.4 Å². The summed E-state index contributed by atoms with van der Waals surface area (Å²) in [5.41, 5.74) is 4.49. The van der Waals surface area contributed by atoms with Gasteiger partial charge >= 0.3 is 0 Å². The van der Waals surface area contributed by atoms with E-state index in [1.54, 1.807) is 21.5 Å². The van der Waals surface area contributed by atoms with Crippen molar-refractivity contribution in [3.8, 4) is 6.07 Å². The quantitative estimate of drug-likeness (QED) is 0.664. The first-order valence-electron chi connectivity index (χ1n) is 9.86. The van der Waals surface area contributed by atoms with Gasteiger partial charge in [-0.15, -0.1) is 0 Å². The lowest BCUT2D eigenvalue weighted by molar-refractivity contribution is -0.139. The van der Waals surface area contributed by atoms with Gasteiger partial charge in [-0.1, -0.05) is 12.1 Å². The van der Waals surface area contributed by atoms with Crippen LogP contribution >= 0.6 is 0 Å². The van der Waals surface area contributed by atoms with E-state index in [1.807, 2.05) is 13.8 Å². The summed E-state index contributed by atoms with van der Waals surface area (Å²) in [6, 6.07) is 8.30. The van der Waals surface area contributed by atoms with Gasteiger partial charge in [0, 0.05) is 24.4 Å². The third-order valence-corrected chi connectivity index (χ3v) is 5.58. The molecular formula is C22H22FN5O2. The molecule has 0 saturated carbocycles. The van der Waals surface area contributed by atoms with Crippen molar-refractivity contribution in [3.05, 3.63) is 64.4 Å². The maximum atomic E-state index is 13.2. The van der Waals surface area contributed by atoms with Gasteiger partial charge in [0.05, 0.1) is 19.3 Å². The van der Waals surface area contributed by atoms with E-state index in [-0.39, 0.29) is 17.8 Å². The van der Waals surface area contributed by atoms with Crippen molar-refractivity contribution in [2.24, 2.45) is 0 Å². The van der Waals surface area contributed by atoms with Gasteiger partial charge in [0.15, 0.2) is 5.65 Å². The highest BCUT2D eigenvalue weighted by Crippen LogP contribution is 2.24. The maximum Gasteiger partial charge on any atom is 0.223 e. The van der Waals surface area contributed by atoms with Gasteiger partial charge < -0.3 is 9.64 Å². The summed E-state index contributed by atoms with van der Waals surface area (Å²) < 4.78 is 20.6. The molecule has 1 aliphatic heterocycles. The van der Waals surface area contributed by atoms with Crippen molar-refractivity contribution in [3.63, 3.8) is 0 Å². The van der Waals surface area contributed by atoms with Gasteiger partial charge in [-0.05, 0) is 43.5 Å². The molecule has 0 spiro atoms. The molecule has 1 aromatic carbocycles. The summed E-state index contributed by atoms with van der Waals surface area (Å²) in [4.78, 5) is 19.2. The number of fused-ring (bicyclic) bond motifs is 1. The molecule has 1 fully saturated rings. The Morgan fingerprint density at radius 3 is 2.83 bits per heavy atom. The average molecular weight is 407 g/mol. The lowest BCUT2D eigenvalue weighted by atomic mass is 10.0. The lowest BCUT2D eigenvalue weighted by Gasteiger charge is -2.33. The molecule has 154 valence electrons. The summed E-state index contributed by atoms with van der Waals surface area (Å²) >= 11 is 0. The van der Waals surface area contributed by atoms with Crippen LogP contribution in [0.4, 0.5) is 4.39 Å². The molecule has 1 atom stereocenters. The number of halogens is 1. The molecule has 3 heterocycles. The summed E-state index contributed by atoms with van der Waals surface area (Å²) in [6.07, 6.45) is 2.14. The summed E-state index contributed by atoms with van der Waals surface area (Å²) in [5, 5.41) is 13.4. The van der Waals surface area contributed by atoms with Crippen LogP contribution < -0.4 is 0 Å². The van der Waals surface area contributed by atoms with E-state index in [9.17, 15) is 14.4 Å². The normalized spacial score (nSPS) is 16.6. The summed E-state index contributed by atoms with van der Waals surface area (Å²) in [6.45, 7) is 5.25. The number of aromatic nitrogens is 3. The predicted molar refractivity (Wildman–Crippen MR) is 107 cm³/mol. The van der Waals surface area contributed by atoms with Crippen LogP contribution in [0.2, 0.25) is 0 Å². The number of aryl methyl sites for hydroxylation is 2. The van der Waals surface area contributed by atoms with Crippen LogP contribution in [0.3, 0.4) is 0 Å². The molecule has 4 rings (SSSR count). The van der Waals surface area contributed by atoms with E-state index in [2.05, 4.69) is 16.2 Å². The smallest absolute Gasteiger partial charge is 0.223 e. The van der Waals surface area contributed by atoms with E-state index in [0.29, 0.717) is 43.7 Å². The molecule has 8 heteroatoms. The first-order chi connectivity index (χ1) is 14.5. The highest BCUT2D eigenvalue weighted by Gasteiger charge is 2.25. The Morgan fingerprint density at radius 2 is 2.10 bits per heavy atom. The first kappa shape index (κ1) is 20.0. The van der Waals surface area contributed by atoms with Crippen molar-refractivity contribution < 1.29 is 13.9 Å². The van der Waals surface area contributed by atoms with Crippen LogP contribution in [0.25, 0.3) is 5.65 Å². The van der Waals surface area contributed by atoms with E-state index >= 15 is 0 Å². The van der Waals surface area contributed by atoms with Gasteiger partial charge in [0.25, 0.3) is 0 Å². The number of nitrogens with zero attached hydrogens (tertiary/aromatic N) is 5. The average Bonchev–Trinajstić information content (AvgIpc) is 3.17. The highest BCUT2D eigenvalue weighted by molar-refractivity contribution is 5.76. The molecule has 30 heavy (non-hydrogen) atoms. The zero-order chi connectivity index (χ0) is 21.3. The van der Waals surface area contributed by atoms with Crippen LogP contribution in [-0.2, 0) is 16.0 Å². The minimum atomic E-state index is -0.294. The molecule has 0 N–H and O–H groups in total. The fourth-order valence-corrected chi connectivity index (χ4v) is 3.90. The van der Waals surface area contributed by atoms with Gasteiger partial charge in [-0.25, -0.2) is 13.9 Å². The molecular weight excluding hydrogens is 385 g/mol. The molecule has 2 aromatic heterocycles. The molecule has 1 aliphatic rings. The number of hydrogen-bond donors (Lipinski definition) is 0. The number of benzene rings is 1. The monoisotopic (exact) mass is 407 g/mol. The van der Waals surface area contributed by atoms with E-state index < -0.39 is 0 Å². The van der Waals surface area contributed by atoms with Gasteiger partial charge in [0.2, 0.25) is 5.91 Å². The molecule has 1 amide bonds. The minimum Gasteiger partial charge on any atom is -0.370 e. The van der Waals surface area contributed by atoms with Crippen molar-refractivity contribution in [2.45, 2.75) is 32.8 Å². The number of rotatable bonds is 4.